The molecule has 0 radical (unpaired) electrons. The summed E-state index contributed by atoms with van der Waals surface area (Å²) in [6, 6.07) is 17.6. The lowest BCUT2D eigenvalue weighted by Crippen LogP contribution is -2.33. The van der Waals surface area contributed by atoms with Crippen molar-refractivity contribution in [3.8, 4) is 23.0 Å². The lowest BCUT2D eigenvalue weighted by atomic mass is 9.77. The summed E-state index contributed by atoms with van der Waals surface area (Å²) in [4.78, 5) is 12.7. The van der Waals surface area contributed by atoms with Gasteiger partial charge in [0.15, 0.2) is 5.60 Å². The van der Waals surface area contributed by atoms with Gasteiger partial charge in [0.2, 0.25) is 0 Å². The molecule has 3 aromatic rings. The van der Waals surface area contributed by atoms with Crippen LogP contribution in [0.5, 0.6) is 23.0 Å². The molecule has 2 aliphatic heterocycles. The van der Waals surface area contributed by atoms with E-state index in [4.69, 9.17) is 14.2 Å². The van der Waals surface area contributed by atoms with E-state index in [9.17, 15) is 9.90 Å². The highest BCUT2D eigenvalue weighted by Gasteiger charge is 2.53. The molecular weight excluding hydrogens is 388 g/mol. The molecule has 0 saturated heterocycles. The summed E-state index contributed by atoms with van der Waals surface area (Å²) in [6.07, 6.45) is 0. The van der Waals surface area contributed by atoms with E-state index in [0.29, 0.717) is 40.5 Å². The Morgan fingerprint density at radius 2 is 1.76 bits per heavy atom. The minimum absolute atomic E-state index is 0.0660. The number of carbonyl (C=O) groups excluding carboxylic acids is 1. The second-order valence-corrected chi connectivity index (χ2v) is 8.10. The minimum Gasteiger partial charge on any atom is -0.508 e. The highest BCUT2D eigenvalue weighted by atomic mass is 32.1. The molecular formula is C23H18O5S. The second-order valence-electron chi connectivity index (χ2n) is 7.22. The van der Waals surface area contributed by atoms with Gasteiger partial charge in [0.1, 0.15) is 23.0 Å². The van der Waals surface area contributed by atoms with Crippen LogP contribution in [0.1, 0.15) is 34.0 Å². The van der Waals surface area contributed by atoms with Gasteiger partial charge in [-0.1, -0.05) is 25.1 Å². The molecule has 5 rings (SSSR count). The van der Waals surface area contributed by atoms with E-state index in [1.54, 1.807) is 24.3 Å². The number of thiol groups is 1. The highest BCUT2D eigenvalue weighted by Crippen LogP contribution is 2.56. The van der Waals surface area contributed by atoms with Crippen molar-refractivity contribution in [2.45, 2.75) is 17.8 Å². The average Bonchev–Trinajstić information content (AvgIpc) is 2.99. The van der Waals surface area contributed by atoms with Gasteiger partial charge in [-0.15, -0.1) is 0 Å². The van der Waals surface area contributed by atoms with Crippen molar-refractivity contribution in [3.05, 3.63) is 82.9 Å². The van der Waals surface area contributed by atoms with Gasteiger partial charge in [-0.25, -0.2) is 4.79 Å². The smallest absolute Gasteiger partial charge is 0.340 e. The number of rotatable bonds is 3. The van der Waals surface area contributed by atoms with Gasteiger partial charge in [-0.3, -0.25) is 0 Å². The zero-order valence-electron chi connectivity index (χ0n) is 15.6. The van der Waals surface area contributed by atoms with Crippen LogP contribution in [-0.2, 0) is 10.3 Å². The Balaban J connectivity index is 1.74. The van der Waals surface area contributed by atoms with Gasteiger partial charge in [0.05, 0.1) is 12.2 Å². The molecule has 0 amide bonds. The van der Waals surface area contributed by atoms with E-state index >= 15 is 0 Å². The van der Waals surface area contributed by atoms with Crippen LogP contribution in [0.15, 0.2) is 60.7 Å². The van der Waals surface area contributed by atoms with Gasteiger partial charge < -0.3 is 19.3 Å². The number of ether oxygens (including phenoxy) is 3. The van der Waals surface area contributed by atoms with Crippen LogP contribution in [0, 0.1) is 0 Å². The van der Waals surface area contributed by atoms with E-state index in [-0.39, 0.29) is 11.0 Å². The molecule has 2 heterocycles. The van der Waals surface area contributed by atoms with Crippen molar-refractivity contribution in [2.75, 3.05) is 6.61 Å². The molecule has 2 aliphatic rings. The maximum absolute atomic E-state index is 12.7. The lowest BCUT2D eigenvalue weighted by molar-refractivity contribution is 0.0224. The van der Waals surface area contributed by atoms with Gasteiger partial charge in [0, 0.05) is 34.1 Å². The Morgan fingerprint density at radius 1 is 1.03 bits per heavy atom. The quantitative estimate of drug-likeness (QED) is 0.489. The third-order valence-corrected chi connectivity index (χ3v) is 5.31. The molecule has 0 aromatic heterocycles. The van der Waals surface area contributed by atoms with Crippen molar-refractivity contribution in [1.29, 1.82) is 0 Å². The fourth-order valence-corrected chi connectivity index (χ4v) is 4.03. The number of fused-ring (bicyclic) bond motifs is 6. The Bertz CT molecular complexity index is 1140. The number of esters is 1. The number of hydrogen-bond donors (Lipinski definition) is 2. The number of carbonyl (C=O) groups is 1. The molecule has 146 valence electrons. The average molecular weight is 406 g/mol. The Morgan fingerprint density at radius 3 is 2.55 bits per heavy atom. The van der Waals surface area contributed by atoms with Gasteiger partial charge >= 0.3 is 5.97 Å². The number of phenolic OH excluding ortho intramolecular Hbond substituents is 1. The van der Waals surface area contributed by atoms with Crippen LogP contribution in [0.3, 0.4) is 0 Å². The molecule has 2 atom stereocenters. The first kappa shape index (κ1) is 17.9. The number of hydrogen-bond acceptors (Lipinski definition) is 6. The molecule has 0 saturated carbocycles. The molecule has 3 aromatic carbocycles. The highest BCUT2D eigenvalue weighted by molar-refractivity contribution is 7.80. The van der Waals surface area contributed by atoms with Crippen LogP contribution < -0.4 is 9.47 Å². The fraction of sp³-hybridized carbons (Fsp3) is 0.174. The molecule has 1 N–H and O–H groups in total. The number of phenols is 1. The molecule has 6 heteroatoms. The summed E-state index contributed by atoms with van der Waals surface area (Å²) in [7, 11) is 0. The first-order valence-corrected chi connectivity index (χ1v) is 9.80. The number of aromatic hydroxyl groups is 1. The third-order valence-electron chi connectivity index (χ3n) is 5.16. The molecule has 0 aliphatic carbocycles. The zero-order chi connectivity index (χ0) is 20.2. The van der Waals surface area contributed by atoms with E-state index in [2.05, 4.69) is 12.6 Å². The van der Waals surface area contributed by atoms with Crippen molar-refractivity contribution < 1.29 is 24.1 Å². The van der Waals surface area contributed by atoms with Crippen molar-refractivity contribution in [3.63, 3.8) is 0 Å². The topological polar surface area (TPSA) is 65.0 Å². The molecule has 29 heavy (non-hydrogen) atoms. The predicted molar refractivity (Wildman–Crippen MR) is 110 cm³/mol. The first-order valence-electron chi connectivity index (χ1n) is 9.28. The standard InChI is InChI=1S/C23H18O5S/c1-13(29)12-26-15-7-9-19-21(11-15)27-20-10-14(24)6-8-18(20)23(19)17-5-3-2-4-16(17)22(25)28-23/h2-11,13,24,29H,12H2,1H3. The van der Waals surface area contributed by atoms with Crippen molar-refractivity contribution in [2.24, 2.45) is 0 Å². The summed E-state index contributed by atoms with van der Waals surface area (Å²) in [6.45, 7) is 2.39. The van der Waals surface area contributed by atoms with Crippen LogP contribution in [0.25, 0.3) is 0 Å². The van der Waals surface area contributed by atoms with Gasteiger partial charge in [0.25, 0.3) is 0 Å². The molecule has 0 fully saturated rings. The summed E-state index contributed by atoms with van der Waals surface area (Å²) < 4.78 is 17.9. The maximum atomic E-state index is 12.7. The van der Waals surface area contributed by atoms with Crippen LogP contribution >= 0.6 is 12.6 Å². The summed E-state index contributed by atoms with van der Waals surface area (Å²) in [5.41, 5.74) is 1.50. The lowest BCUT2D eigenvalue weighted by Gasteiger charge is -2.36. The van der Waals surface area contributed by atoms with E-state index in [0.717, 1.165) is 5.56 Å². The SMILES string of the molecule is CC(S)COc1ccc2c(c1)Oc1cc(O)ccc1C21OC(=O)c2ccccc21. The van der Waals surface area contributed by atoms with E-state index < -0.39 is 11.6 Å². The van der Waals surface area contributed by atoms with Gasteiger partial charge in [-0.05, 0) is 30.3 Å². The van der Waals surface area contributed by atoms with Gasteiger partial charge in [-0.2, -0.15) is 12.6 Å². The first-order chi connectivity index (χ1) is 14.0. The Hall–Kier alpha value is -3.12. The number of benzene rings is 3. The minimum atomic E-state index is -1.14. The normalized spacial score (nSPS) is 19.6. The third kappa shape index (κ3) is 2.67. The van der Waals surface area contributed by atoms with Crippen molar-refractivity contribution in [1.82, 2.24) is 0 Å². The summed E-state index contributed by atoms with van der Waals surface area (Å²) in [5.74, 6) is 1.24. The van der Waals surface area contributed by atoms with Crippen molar-refractivity contribution >= 4 is 18.6 Å². The molecule has 2 unspecified atom stereocenters. The fourth-order valence-electron chi connectivity index (χ4n) is 3.95. The molecule has 0 bridgehead atoms. The Labute approximate surface area is 173 Å². The Kier molecular flexibility index (Phi) is 3.99. The largest absolute Gasteiger partial charge is 0.508 e. The molecule has 5 nitrogen and oxygen atoms in total. The zero-order valence-corrected chi connectivity index (χ0v) is 16.5. The van der Waals surface area contributed by atoms with E-state index in [1.807, 2.05) is 37.3 Å². The van der Waals surface area contributed by atoms with Crippen LogP contribution in [0.4, 0.5) is 0 Å². The van der Waals surface area contributed by atoms with E-state index in [1.165, 1.54) is 6.07 Å². The maximum Gasteiger partial charge on any atom is 0.340 e. The second kappa shape index (κ2) is 6.46. The predicted octanol–water partition coefficient (Wildman–Crippen LogP) is 4.66. The molecule has 1 spiro atoms. The monoisotopic (exact) mass is 406 g/mol. The van der Waals surface area contributed by atoms with Crippen LogP contribution in [-0.4, -0.2) is 22.9 Å². The summed E-state index contributed by atoms with van der Waals surface area (Å²) in [5, 5.41) is 10.1. The summed E-state index contributed by atoms with van der Waals surface area (Å²) >= 11 is 4.34. The van der Waals surface area contributed by atoms with Crippen LogP contribution in [0.2, 0.25) is 0 Å².